The third-order valence-electron chi connectivity index (χ3n) is 3.51. The van der Waals surface area contributed by atoms with Crippen LogP contribution >= 0.6 is 11.3 Å². The standard InChI is InChI=1S/C17H20FNO3S2/c1-17(2,3)16(20)19-11-15(14-5-4-10-23-14)24(21,22)13-8-6-12(18)7-9-13/h4-10,15H,11H2,1-3H3,(H,19,20). The zero-order valence-corrected chi connectivity index (χ0v) is 15.4. The van der Waals surface area contributed by atoms with Crippen LogP contribution in [-0.2, 0) is 14.6 Å². The van der Waals surface area contributed by atoms with Gasteiger partial charge in [-0.3, -0.25) is 4.79 Å². The van der Waals surface area contributed by atoms with Gasteiger partial charge in [0.05, 0.1) is 4.90 Å². The molecule has 1 amide bonds. The maximum atomic E-state index is 13.1. The van der Waals surface area contributed by atoms with Gasteiger partial charge >= 0.3 is 0 Å². The topological polar surface area (TPSA) is 63.2 Å². The van der Waals surface area contributed by atoms with Crippen molar-refractivity contribution in [3.05, 3.63) is 52.5 Å². The van der Waals surface area contributed by atoms with E-state index in [0.29, 0.717) is 4.88 Å². The number of hydrogen-bond acceptors (Lipinski definition) is 4. The quantitative estimate of drug-likeness (QED) is 0.820. The van der Waals surface area contributed by atoms with Gasteiger partial charge in [0.1, 0.15) is 11.1 Å². The van der Waals surface area contributed by atoms with E-state index in [1.54, 1.807) is 38.3 Å². The number of carbonyl (C=O) groups excluding carboxylic acids is 1. The molecular formula is C17H20FNO3S2. The SMILES string of the molecule is CC(C)(C)C(=O)NCC(c1cccs1)S(=O)(=O)c1ccc(F)cc1. The average Bonchev–Trinajstić information content (AvgIpc) is 3.00. The molecule has 0 bridgehead atoms. The van der Waals surface area contributed by atoms with Gasteiger partial charge in [-0.05, 0) is 35.7 Å². The molecule has 0 fully saturated rings. The number of halogens is 1. The first-order valence-corrected chi connectivity index (χ1v) is 9.86. The van der Waals surface area contributed by atoms with Crippen LogP contribution in [0.1, 0.15) is 30.9 Å². The molecule has 0 saturated carbocycles. The normalized spacial score (nSPS) is 13.5. The first-order valence-electron chi connectivity index (χ1n) is 7.43. The largest absolute Gasteiger partial charge is 0.354 e. The lowest BCUT2D eigenvalue weighted by Gasteiger charge is -2.21. The van der Waals surface area contributed by atoms with Gasteiger partial charge in [-0.25, -0.2) is 12.8 Å². The maximum absolute atomic E-state index is 13.1. The summed E-state index contributed by atoms with van der Waals surface area (Å²) in [6.45, 7) is 5.25. The minimum Gasteiger partial charge on any atom is -0.354 e. The van der Waals surface area contributed by atoms with Crippen LogP contribution in [0, 0.1) is 11.2 Å². The highest BCUT2D eigenvalue weighted by Crippen LogP contribution is 2.31. The van der Waals surface area contributed by atoms with Crippen LogP contribution in [0.4, 0.5) is 4.39 Å². The van der Waals surface area contributed by atoms with Crippen LogP contribution in [0.2, 0.25) is 0 Å². The fourth-order valence-corrected chi connectivity index (χ4v) is 4.86. The van der Waals surface area contributed by atoms with Gasteiger partial charge in [0.25, 0.3) is 0 Å². The molecule has 1 heterocycles. The third-order valence-corrected chi connectivity index (χ3v) is 6.74. The van der Waals surface area contributed by atoms with Gasteiger partial charge < -0.3 is 5.32 Å². The van der Waals surface area contributed by atoms with Crippen molar-refractivity contribution in [3.63, 3.8) is 0 Å². The fourth-order valence-electron chi connectivity index (χ4n) is 2.08. The van der Waals surface area contributed by atoms with Gasteiger partial charge in [0.2, 0.25) is 5.91 Å². The van der Waals surface area contributed by atoms with Gasteiger partial charge in [0.15, 0.2) is 9.84 Å². The number of nitrogens with one attached hydrogen (secondary N) is 1. The Balaban J connectivity index is 2.33. The highest BCUT2D eigenvalue weighted by Gasteiger charge is 2.32. The minimum atomic E-state index is -3.75. The summed E-state index contributed by atoms with van der Waals surface area (Å²) in [6, 6.07) is 8.21. The van der Waals surface area contributed by atoms with Crippen molar-refractivity contribution in [2.45, 2.75) is 30.9 Å². The molecule has 0 saturated heterocycles. The molecule has 24 heavy (non-hydrogen) atoms. The number of thiophene rings is 1. The summed E-state index contributed by atoms with van der Waals surface area (Å²) in [5.41, 5.74) is -0.611. The molecule has 0 spiro atoms. The summed E-state index contributed by atoms with van der Waals surface area (Å²) in [7, 11) is -3.75. The predicted octanol–water partition coefficient (Wildman–Crippen LogP) is 3.56. The van der Waals surface area contributed by atoms with Crippen molar-refractivity contribution in [1.29, 1.82) is 0 Å². The molecule has 1 N–H and O–H groups in total. The number of rotatable bonds is 5. The summed E-state index contributed by atoms with van der Waals surface area (Å²) in [5.74, 6) is -0.721. The first-order chi connectivity index (χ1) is 11.1. The Hall–Kier alpha value is -1.73. The highest BCUT2D eigenvalue weighted by atomic mass is 32.2. The Bertz CT molecular complexity index is 791. The molecule has 2 rings (SSSR count). The molecule has 0 aliphatic heterocycles. The second-order valence-corrected chi connectivity index (χ2v) is 9.57. The van der Waals surface area contributed by atoms with Crippen molar-refractivity contribution in [1.82, 2.24) is 5.32 Å². The van der Waals surface area contributed by atoms with Crippen molar-refractivity contribution >= 4 is 27.1 Å². The second kappa shape index (κ2) is 7.03. The smallest absolute Gasteiger partial charge is 0.225 e. The Morgan fingerprint density at radius 2 is 1.83 bits per heavy atom. The Kier molecular flexibility index (Phi) is 5.45. The number of hydrogen-bond donors (Lipinski definition) is 1. The molecule has 1 aromatic heterocycles. The van der Waals surface area contributed by atoms with Crippen LogP contribution in [0.25, 0.3) is 0 Å². The molecule has 4 nitrogen and oxygen atoms in total. The summed E-state index contributed by atoms with van der Waals surface area (Å²) < 4.78 is 39.0. The van der Waals surface area contributed by atoms with Crippen LogP contribution in [0.15, 0.2) is 46.7 Å². The van der Waals surface area contributed by atoms with E-state index in [-0.39, 0.29) is 17.3 Å². The third kappa shape index (κ3) is 4.21. The Morgan fingerprint density at radius 1 is 1.21 bits per heavy atom. The van der Waals surface area contributed by atoms with E-state index in [9.17, 15) is 17.6 Å². The molecule has 0 aliphatic carbocycles. The Labute approximate surface area is 145 Å². The molecule has 1 unspecified atom stereocenters. The molecule has 7 heteroatoms. The van der Waals surface area contributed by atoms with Gasteiger partial charge in [-0.2, -0.15) is 0 Å². The van der Waals surface area contributed by atoms with Crippen molar-refractivity contribution in [2.75, 3.05) is 6.54 Å². The van der Waals surface area contributed by atoms with Gasteiger partial charge in [0, 0.05) is 16.8 Å². The van der Waals surface area contributed by atoms with E-state index in [2.05, 4.69) is 5.32 Å². The lowest BCUT2D eigenvalue weighted by Crippen LogP contribution is -2.38. The molecule has 1 atom stereocenters. The van der Waals surface area contributed by atoms with E-state index in [1.807, 2.05) is 0 Å². The van der Waals surface area contributed by atoms with E-state index < -0.39 is 26.3 Å². The first kappa shape index (κ1) is 18.6. The Morgan fingerprint density at radius 3 is 2.33 bits per heavy atom. The molecule has 0 aliphatic rings. The van der Waals surface area contributed by atoms with Gasteiger partial charge in [-0.1, -0.05) is 26.8 Å². The van der Waals surface area contributed by atoms with Crippen molar-refractivity contribution in [2.24, 2.45) is 5.41 Å². The summed E-state index contributed by atoms with van der Waals surface area (Å²) in [5, 5.41) is 3.59. The van der Waals surface area contributed by atoms with Crippen LogP contribution in [-0.4, -0.2) is 20.9 Å². The van der Waals surface area contributed by atoms with Gasteiger partial charge in [-0.15, -0.1) is 11.3 Å². The second-order valence-electron chi connectivity index (χ2n) is 6.46. The lowest BCUT2D eigenvalue weighted by molar-refractivity contribution is -0.128. The minimum absolute atomic E-state index is 0.0314. The summed E-state index contributed by atoms with van der Waals surface area (Å²) in [6.07, 6.45) is 0. The molecule has 2 aromatic rings. The summed E-state index contributed by atoms with van der Waals surface area (Å²) >= 11 is 1.31. The number of benzene rings is 1. The number of carbonyl (C=O) groups is 1. The molecular weight excluding hydrogens is 349 g/mol. The average molecular weight is 369 g/mol. The molecule has 0 radical (unpaired) electrons. The predicted molar refractivity (Wildman–Crippen MR) is 93.1 cm³/mol. The van der Waals surface area contributed by atoms with Crippen LogP contribution in [0.5, 0.6) is 0 Å². The van der Waals surface area contributed by atoms with E-state index >= 15 is 0 Å². The van der Waals surface area contributed by atoms with E-state index in [1.165, 1.54) is 23.5 Å². The van der Waals surface area contributed by atoms with Crippen LogP contribution in [0.3, 0.4) is 0 Å². The van der Waals surface area contributed by atoms with E-state index in [4.69, 9.17) is 0 Å². The highest BCUT2D eigenvalue weighted by molar-refractivity contribution is 7.91. The maximum Gasteiger partial charge on any atom is 0.225 e. The monoisotopic (exact) mass is 369 g/mol. The molecule has 130 valence electrons. The van der Waals surface area contributed by atoms with Crippen molar-refractivity contribution in [3.8, 4) is 0 Å². The summed E-state index contributed by atoms with van der Waals surface area (Å²) in [4.78, 5) is 12.8. The lowest BCUT2D eigenvalue weighted by atomic mass is 9.96. The number of amides is 1. The van der Waals surface area contributed by atoms with Crippen molar-refractivity contribution < 1.29 is 17.6 Å². The number of sulfone groups is 1. The zero-order chi connectivity index (χ0) is 18.0. The fraction of sp³-hybridized carbons (Fsp3) is 0.353. The molecule has 1 aromatic carbocycles. The van der Waals surface area contributed by atoms with E-state index in [0.717, 1.165) is 12.1 Å². The zero-order valence-electron chi connectivity index (χ0n) is 13.7. The van der Waals surface area contributed by atoms with Crippen LogP contribution < -0.4 is 5.32 Å².